The summed E-state index contributed by atoms with van der Waals surface area (Å²) in [7, 11) is -3.38. The molecule has 0 heterocycles. The van der Waals surface area contributed by atoms with Gasteiger partial charge in [-0.1, -0.05) is 147 Å². The van der Waals surface area contributed by atoms with E-state index in [4.69, 9.17) is 4.74 Å². The molecule has 0 spiro atoms. The van der Waals surface area contributed by atoms with Crippen molar-refractivity contribution in [1.29, 1.82) is 0 Å². The van der Waals surface area contributed by atoms with Crippen LogP contribution >= 0.6 is 0 Å². The average molecular weight is 759 g/mol. The Morgan fingerprint density at radius 3 is 1.18 bits per heavy atom. The molecular weight excluding hydrogens is 713 g/mol. The number of benzene rings is 8. The number of phenolic OH excluding ortho intramolecular Hbond substituents is 4. The summed E-state index contributed by atoms with van der Waals surface area (Å²) < 4.78 is 6.45. The first kappa shape index (κ1) is 36.4. The van der Waals surface area contributed by atoms with Crippen LogP contribution in [0.4, 0.5) is 0 Å². The Balaban J connectivity index is 1.27. The van der Waals surface area contributed by atoms with Gasteiger partial charge in [0.1, 0.15) is 23.0 Å². The van der Waals surface area contributed by atoms with E-state index in [1.54, 1.807) is 12.1 Å². The average Bonchev–Trinajstić information content (AvgIpc) is 3.15. The van der Waals surface area contributed by atoms with E-state index >= 15 is 0 Å². The number of hydrogen-bond acceptors (Lipinski definition) is 5. The van der Waals surface area contributed by atoms with Gasteiger partial charge < -0.3 is 25.2 Å². The van der Waals surface area contributed by atoms with Crippen molar-refractivity contribution < 1.29 is 25.2 Å². The van der Waals surface area contributed by atoms with Crippen molar-refractivity contribution >= 4 is 69.6 Å². The van der Waals surface area contributed by atoms with Crippen molar-refractivity contribution in [3.63, 3.8) is 0 Å². The maximum Gasteiger partial charge on any atom is 0.129 e. The van der Waals surface area contributed by atoms with E-state index in [0.717, 1.165) is 43.1 Å². The van der Waals surface area contributed by atoms with Crippen molar-refractivity contribution in [3.8, 4) is 45.3 Å². The largest absolute Gasteiger partial charge is 0.507 e. The van der Waals surface area contributed by atoms with Gasteiger partial charge in [-0.3, -0.25) is 0 Å². The maximum atomic E-state index is 12.1. The number of fused-ring (bicyclic) bond motifs is 4. The zero-order valence-corrected chi connectivity index (χ0v) is 34.2. The SMILES string of the molecule is C[Si](C)(C)c1ccc2c(-c3c(O)ccc4ccccc34)c(O)c(COCc3cc4cc([Si](C)(C)C)ccc4c(-c4c(O)ccc5ccccc45)c3O)cc2c1. The van der Waals surface area contributed by atoms with Crippen LogP contribution in [-0.4, -0.2) is 36.6 Å². The molecule has 0 saturated carbocycles. The van der Waals surface area contributed by atoms with Gasteiger partial charge in [-0.15, -0.1) is 0 Å². The summed E-state index contributed by atoms with van der Waals surface area (Å²) in [6, 6.07) is 39.7. The van der Waals surface area contributed by atoms with Crippen LogP contribution in [0.15, 0.2) is 121 Å². The fourth-order valence-corrected chi connectivity index (χ4v) is 10.2. The second kappa shape index (κ2) is 13.6. The van der Waals surface area contributed by atoms with Crippen molar-refractivity contribution in [3.05, 3.63) is 132 Å². The van der Waals surface area contributed by atoms with Gasteiger partial charge in [-0.25, -0.2) is 0 Å². The molecule has 0 amide bonds. The fourth-order valence-electron chi connectivity index (χ4n) is 7.88. The molecule has 8 rings (SSSR count). The molecule has 0 unspecified atom stereocenters. The lowest BCUT2D eigenvalue weighted by molar-refractivity contribution is 0.104. The van der Waals surface area contributed by atoms with Gasteiger partial charge in [-0.2, -0.15) is 0 Å². The lowest BCUT2D eigenvalue weighted by Crippen LogP contribution is -2.37. The summed E-state index contributed by atoms with van der Waals surface area (Å²) in [5, 5.41) is 56.7. The number of hydrogen-bond donors (Lipinski definition) is 4. The quantitative estimate of drug-likeness (QED) is 0.116. The molecule has 55 heavy (non-hydrogen) atoms. The minimum absolute atomic E-state index is 0.0452. The number of rotatable bonds is 8. The monoisotopic (exact) mass is 758 g/mol. The van der Waals surface area contributed by atoms with Crippen LogP contribution < -0.4 is 10.4 Å². The molecule has 0 saturated heterocycles. The Morgan fingerprint density at radius 1 is 0.400 bits per heavy atom. The molecule has 0 radical (unpaired) electrons. The molecule has 0 fully saturated rings. The summed E-state index contributed by atoms with van der Waals surface area (Å²) in [4.78, 5) is 0. The highest BCUT2D eigenvalue weighted by Crippen LogP contribution is 2.48. The molecule has 276 valence electrons. The van der Waals surface area contributed by atoms with Crippen molar-refractivity contribution in [1.82, 2.24) is 0 Å². The summed E-state index contributed by atoms with van der Waals surface area (Å²) in [6.07, 6.45) is 0. The first-order chi connectivity index (χ1) is 26.2. The summed E-state index contributed by atoms with van der Waals surface area (Å²) in [5.41, 5.74) is 3.44. The van der Waals surface area contributed by atoms with Gasteiger partial charge in [0.2, 0.25) is 0 Å². The van der Waals surface area contributed by atoms with E-state index in [0.29, 0.717) is 33.4 Å². The molecule has 7 heteroatoms. The first-order valence-corrected chi connectivity index (χ1v) is 25.8. The molecule has 0 aliphatic heterocycles. The van der Waals surface area contributed by atoms with E-state index < -0.39 is 16.1 Å². The molecule has 0 aromatic heterocycles. The predicted molar refractivity (Wildman–Crippen MR) is 235 cm³/mol. The second-order valence-electron chi connectivity index (χ2n) is 16.7. The third kappa shape index (κ3) is 6.52. The molecule has 8 aromatic rings. The Hall–Kier alpha value is -5.61. The van der Waals surface area contributed by atoms with Gasteiger partial charge in [-0.05, 0) is 67.4 Å². The van der Waals surface area contributed by atoms with Crippen LogP contribution in [0.5, 0.6) is 23.0 Å². The normalized spacial score (nSPS) is 12.3. The van der Waals surface area contributed by atoms with Crippen LogP contribution in [0.25, 0.3) is 65.3 Å². The Bertz CT molecular complexity index is 2620. The Morgan fingerprint density at radius 2 is 0.782 bits per heavy atom. The van der Waals surface area contributed by atoms with Crippen LogP contribution in [-0.2, 0) is 18.0 Å². The summed E-state index contributed by atoms with van der Waals surface area (Å²) >= 11 is 0. The Kier molecular flexibility index (Phi) is 9.00. The number of ether oxygens (including phenoxy) is 1. The lowest BCUT2D eigenvalue weighted by atomic mass is 9.90. The van der Waals surface area contributed by atoms with Crippen LogP contribution in [0.2, 0.25) is 39.3 Å². The van der Waals surface area contributed by atoms with Crippen molar-refractivity contribution in [2.75, 3.05) is 0 Å². The molecule has 0 atom stereocenters. The molecule has 4 N–H and O–H groups in total. The third-order valence-electron chi connectivity index (χ3n) is 10.9. The third-order valence-corrected chi connectivity index (χ3v) is 15.0. The maximum absolute atomic E-state index is 12.1. The highest BCUT2D eigenvalue weighted by molar-refractivity contribution is 6.89. The van der Waals surface area contributed by atoms with Gasteiger partial charge in [0, 0.05) is 33.4 Å². The van der Waals surface area contributed by atoms with Crippen molar-refractivity contribution in [2.24, 2.45) is 0 Å². The number of aromatic hydroxyl groups is 4. The molecule has 5 nitrogen and oxygen atoms in total. The highest BCUT2D eigenvalue weighted by Gasteiger charge is 2.25. The smallest absolute Gasteiger partial charge is 0.129 e. The molecule has 0 bridgehead atoms. The standard InChI is InChI=1S/C48H46O5Si2/c1-54(2,3)35-17-19-39-31(25-35)23-33(47(51)45(39)43-37-13-9-7-11-29(37)15-21-41(43)49)27-53-28-34-24-32-26-36(55(4,5)6)18-20-40(32)46(48(34)52)44-38-14-10-8-12-30(38)16-22-42(44)50/h7-26,49-52H,27-28H2,1-6H3. The first-order valence-electron chi connectivity index (χ1n) is 18.8. The summed E-state index contributed by atoms with van der Waals surface area (Å²) in [6.45, 7) is 14.0. The number of phenols is 4. The van der Waals surface area contributed by atoms with E-state index in [1.807, 2.05) is 72.8 Å². The van der Waals surface area contributed by atoms with Gasteiger partial charge in [0.25, 0.3) is 0 Å². The van der Waals surface area contributed by atoms with Gasteiger partial charge >= 0.3 is 0 Å². The predicted octanol–water partition coefficient (Wildman–Crippen LogP) is 11.3. The van der Waals surface area contributed by atoms with Crippen LogP contribution in [0, 0.1) is 0 Å². The fraction of sp³-hybridized carbons (Fsp3) is 0.167. The molecular formula is C48H46O5Si2. The minimum atomic E-state index is -1.69. The van der Waals surface area contributed by atoms with Gasteiger partial charge in [0.15, 0.2) is 0 Å². The van der Waals surface area contributed by atoms with E-state index in [9.17, 15) is 20.4 Å². The van der Waals surface area contributed by atoms with E-state index in [-0.39, 0.29) is 36.2 Å². The van der Waals surface area contributed by atoms with Crippen LogP contribution in [0.1, 0.15) is 11.1 Å². The van der Waals surface area contributed by atoms with Gasteiger partial charge in [0.05, 0.1) is 29.4 Å². The highest BCUT2D eigenvalue weighted by atomic mass is 28.3. The minimum Gasteiger partial charge on any atom is -0.507 e. The molecule has 8 aromatic carbocycles. The topological polar surface area (TPSA) is 90.2 Å². The van der Waals surface area contributed by atoms with E-state index in [1.165, 1.54) is 10.4 Å². The zero-order chi connectivity index (χ0) is 38.8. The molecule has 0 aliphatic carbocycles. The lowest BCUT2D eigenvalue weighted by Gasteiger charge is -2.21. The molecule has 0 aliphatic rings. The Labute approximate surface area is 323 Å². The summed E-state index contributed by atoms with van der Waals surface area (Å²) in [5.74, 6) is 0.267. The van der Waals surface area contributed by atoms with E-state index in [2.05, 4.69) is 75.7 Å². The van der Waals surface area contributed by atoms with Crippen molar-refractivity contribution in [2.45, 2.75) is 52.5 Å². The second-order valence-corrected chi connectivity index (χ2v) is 26.9. The van der Waals surface area contributed by atoms with Crippen LogP contribution in [0.3, 0.4) is 0 Å². The zero-order valence-electron chi connectivity index (χ0n) is 32.2.